The molecule has 2 heterocycles. The Hall–Kier alpha value is -3.86. The van der Waals surface area contributed by atoms with Crippen molar-refractivity contribution < 1.29 is 36.2 Å². The molecule has 1 fully saturated rings. The molecule has 11 heteroatoms. The van der Waals surface area contributed by atoms with E-state index in [1.54, 1.807) is 5.38 Å². The number of thiazole rings is 1. The highest BCUT2D eigenvalue weighted by Gasteiger charge is 2.39. The van der Waals surface area contributed by atoms with Crippen LogP contribution in [0.1, 0.15) is 59.0 Å². The maximum absolute atomic E-state index is 13.4. The zero-order valence-corrected chi connectivity index (χ0v) is 22.7. The summed E-state index contributed by atoms with van der Waals surface area (Å²) in [7, 11) is 0. The fourth-order valence-electron chi connectivity index (χ4n) is 6.27. The molecule has 2 aliphatic rings. The molecule has 1 saturated heterocycles. The summed E-state index contributed by atoms with van der Waals surface area (Å²) < 4.78 is 80.4. The molecule has 1 aromatic heterocycles. The van der Waals surface area contributed by atoms with Crippen LogP contribution in [0, 0.1) is 0 Å². The summed E-state index contributed by atoms with van der Waals surface area (Å²) in [6, 6.07) is 17.2. The molecule has 3 aromatic carbocycles. The van der Waals surface area contributed by atoms with Crippen LogP contribution >= 0.6 is 11.3 Å². The lowest BCUT2D eigenvalue weighted by atomic mass is 9.82. The van der Waals surface area contributed by atoms with Gasteiger partial charge in [0.05, 0.1) is 16.8 Å². The van der Waals surface area contributed by atoms with E-state index < -0.39 is 29.6 Å². The summed E-state index contributed by atoms with van der Waals surface area (Å²) in [5.41, 5.74) is 2.01. The van der Waals surface area contributed by atoms with Gasteiger partial charge in [-0.15, -0.1) is 11.3 Å². The lowest BCUT2D eigenvalue weighted by Gasteiger charge is -2.39. The number of aromatic nitrogens is 1. The van der Waals surface area contributed by atoms with E-state index in [2.05, 4.69) is 29.2 Å². The number of likely N-dealkylation sites (tertiary alicyclic amines) is 1. The maximum atomic E-state index is 13.4. The van der Waals surface area contributed by atoms with Crippen LogP contribution < -0.4 is 0 Å². The molecule has 1 amide bonds. The number of piperidine rings is 1. The highest BCUT2D eigenvalue weighted by atomic mass is 32.1. The largest absolute Gasteiger partial charge is 0.465 e. The highest BCUT2D eigenvalue weighted by Crippen LogP contribution is 2.48. The molecule has 2 unspecified atom stereocenters. The minimum Gasteiger partial charge on any atom is -0.465 e. The number of benzene rings is 3. The van der Waals surface area contributed by atoms with E-state index in [-0.39, 0.29) is 41.1 Å². The normalized spacial score (nSPS) is 19.0. The Morgan fingerprint density at radius 2 is 1.48 bits per heavy atom. The highest BCUT2D eigenvalue weighted by molar-refractivity contribution is 7.13. The molecule has 0 radical (unpaired) electrons. The fourth-order valence-corrected chi connectivity index (χ4v) is 7.16. The second kappa shape index (κ2) is 10.4. The molecule has 1 aliphatic heterocycles. The molecule has 1 aliphatic carbocycles. The van der Waals surface area contributed by atoms with Gasteiger partial charge in [-0.3, -0.25) is 0 Å². The van der Waals surface area contributed by atoms with Gasteiger partial charge >= 0.3 is 18.4 Å². The number of nitrogens with zero attached hydrogens (tertiary/aromatic N) is 2. The first-order valence-corrected chi connectivity index (χ1v) is 14.2. The molecule has 2 atom stereocenters. The average molecular weight is 603 g/mol. The predicted molar refractivity (Wildman–Crippen MR) is 146 cm³/mol. The molecule has 42 heavy (non-hydrogen) atoms. The standard InChI is InChI=1S/C31H24F6N2O2S/c32-30(33,34)19-11-18(12-20(14-19)31(35,36)37)28-38-27(16-42-28)17-9-10-39(29(40)41)21(13-17)15-26-24-7-3-1-5-22(24)23-6-2-4-8-25(23)26/h1-8,11-12,14,16-17,21,26H,9-10,13,15H2,(H,40,41). The molecule has 4 nitrogen and oxygen atoms in total. The van der Waals surface area contributed by atoms with Gasteiger partial charge in [0, 0.05) is 35.4 Å². The Balaban J connectivity index is 1.29. The zero-order valence-electron chi connectivity index (χ0n) is 21.9. The van der Waals surface area contributed by atoms with Gasteiger partial charge in [-0.2, -0.15) is 26.3 Å². The van der Waals surface area contributed by atoms with Crippen molar-refractivity contribution in [3.8, 4) is 21.7 Å². The Morgan fingerprint density at radius 3 is 2.02 bits per heavy atom. The van der Waals surface area contributed by atoms with Gasteiger partial charge in [-0.05, 0) is 59.7 Å². The molecule has 0 spiro atoms. The first kappa shape index (κ1) is 28.3. The second-order valence-electron chi connectivity index (χ2n) is 10.7. The quantitative estimate of drug-likeness (QED) is 0.237. The van der Waals surface area contributed by atoms with Gasteiger partial charge < -0.3 is 10.0 Å². The van der Waals surface area contributed by atoms with E-state index in [0.29, 0.717) is 37.1 Å². The van der Waals surface area contributed by atoms with E-state index in [1.165, 1.54) is 4.90 Å². The van der Waals surface area contributed by atoms with Crippen LogP contribution in [0.2, 0.25) is 0 Å². The Kier molecular flexibility index (Phi) is 7.03. The van der Waals surface area contributed by atoms with E-state index >= 15 is 0 Å². The molecule has 4 aromatic rings. The lowest BCUT2D eigenvalue weighted by molar-refractivity contribution is -0.143. The van der Waals surface area contributed by atoms with E-state index in [4.69, 9.17) is 0 Å². The van der Waals surface area contributed by atoms with Gasteiger partial charge in [0.1, 0.15) is 5.01 Å². The van der Waals surface area contributed by atoms with Crippen LogP contribution in [0.15, 0.2) is 72.1 Å². The smallest absolute Gasteiger partial charge is 0.416 e. The van der Waals surface area contributed by atoms with Gasteiger partial charge in [0.2, 0.25) is 0 Å². The van der Waals surface area contributed by atoms with Crippen molar-refractivity contribution in [2.24, 2.45) is 0 Å². The third-order valence-corrected chi connectivity index (χ3v) is 9.12. The first-order chi connectivity index (χ1) is 19.9. The van der Waals surface area contributed by atoms with Crippen molar-refractivity contribution in [2.75, 3.05) is 6.54 Å². The monoisotopic (exact) mass is 602 g/mol. The number of carbonyl (C=O) groups is 1. The number of hydrogen-bond acceptors (Lipinski definition) is 3. The molecular weight excluding hydrogens is 578 g/mol. The van der Waals surface area contributed by atoms with E-state index in [0.717, 1.165) is 33.6 Å². The number of halogens is 6. The van der Waals surface area contributed by atoms with E-state index in [1.807, 2.05) is 24.3 Å². The first-order valence-electron chi connectivity index (χ1n) is 13.3. The van der Waals surface area contributed by atoms with E-state index in [9.17, 15) is 36.2 Å². The van der Waals surface area contributed by atoms with Crippen LogP contribution in [0.5, 0.6) is 0 Å². The average Bonchev–Trinajstić information content (AvgIpc) is 3.56. The third-order valence-electron chi connectivity index (χ3n) is 8.21. The number of alkyl halides is 6. The number of rotatable bonds is 4. The van der Waals surface area contributed by atoms with Crippen molar-refractivity contribution in [3.05, 3.63) is 100 Å². The summed E-state index contributed by atoms with van der Waals surface area (Å²) in [5.74, 6) is -0.213. The fraction of sp³-hybridized carbons (Fsp3) is 0.290. The Bertz CT molecular complexity index is 1570. The van der Waals surface area contributed by atoms with Crippen LogP contribution in [0.3, 0.4) is 0 Å². The van der Waals surface area contributed by atoms with Crippen LogP contribution in [-0.4, -0.2) is 33.7 Å². The molecule has 218 valence electrons. The number of fused-ring (bicyclic) bond motifs is 3. The third kappa shape index (κ3) is 5.26. The second-order valence-corrected chi connectivity index (χ2v) is 11.5. The number of hydrogen-bond donors (Lipinski definition) is 1. The molecule has 1 N–H and O–H groups in total. The SMILES string of the molecule is O=C(O)N1CCC(c2csc(-c3cc(C(F)(F)F)cc(C(F)(F)F)c3)n2)CC1CC1c2ccccc2-c2ccccc21. The van der Waals surface area contributed by atoms with Crippen molar-refractivity contribution in [1.29, 1.82) is 0 Å². The van der Waals surface area contributed by atoms with Crippen molar-refractivity contribution in [3.63, 3.8) is 0 Å². The van der Waals surface area contributed by atoms with Crippen LogP contribution in [-0.2, 0) is 12.4 Å². The lowest BCUT2D eigenvalue weighted by Crippen LogP contribution is -2.45. The van der Waals surface area contributed by atoms with Crippen molar-refractivity contribution >= 4 is 17.4 Å². The minimum absolute atomic E-state index is 0.0140. The molecule has 6 rings (SSSR count). The maximum Gasteiger partial charge on any atom is 0.416 e. The summed E-state index contributed by atoms with van der Waals surface area (Å²) in [5, 5.41) is 11.7. The number of amides is 1. The minimum atomic E-state index is -4.95. The van der Waals surface area contributed by atoms with Gasteiger partial charge in [0.25, 0.3) is 0 Å². The topological polar surface area (TPSA) is 53.4 Å². The summed E-state index contributed by atoms with van der Waals surface area (Å²) in [6.45, 7) is 0.245. The summed E-state index contributed by atoms with van der Waals surface area (Å²) >= 11 is 0.982. The van der Waals surface area contributed by atoms with Gasteiger partial charge in [-0.25, -0.2) is 9.78 Å². The van der Waals surface area contributed by atoms with Gasteiger partial charge in [0.15, 0.2) is 0 Å². The van der Waals surface area contributed by atoms with Crippen LogP contribution in [0.4, 0.5) is 31.1 Å². The Labute approximate surface area is 241 Å². The van der Waals surface area contributed by atoms with Crippen molar-refractivity contribution in [2.45, 2.75) is 49.5 Å². The number of carboxylic acid groups (broad SMARTS) is 1. The molecular formula is C31H24F6N2O2S. The zero-order chi connectivity index (χ0) is 29.8. The predicted octanol–water partition coefficient (Wildman–Crippen LogP) is 9.28. The van der Waals surface area contributed by atoms with Crippen molar-refractivity contribution in [1.82, 2.24) is 9.88 Å². The molecule has 0 bridgehead atoms. The molecule has 0 saturated carbocycles. The van der Waals surface area contributed by atoms with Crippen LogP contribution in [0.25, 0.3) is 21.7 Å². The summed E-state index contributed by atoms with van der Waals surface area (Å²) in [4.78, 5) is 18.1. The summed E-state index contributed by atoms with van der Waals surface area (Å²) in [6.07, 6.45) is -9.52. The Morgan fingerprint density at radius 1 is 0.905 bits per heavy atom. The van der Waals surface area contributed by atoms with Gasteiger partial charge in [-0.1, -0.05) is 48.5 Å².